The van der Waals surface area contributed by atoms with Gasteiger partial charge in [-0.3, -0.25) is 14.5 Å². The van der Waals surface area contributed by atoms with Crippen LogP contribution in [0.3, 0.4) is 0 Å². The van der Waals surface area contributed by atoms with Crippen LogP contribution in [0.15, 0.2) is 33.0 Å². The number of carboxylic acid groups (broad SMARTS) is 2. The van der Waals surface area contributed by atoms with Crippen molar-refractivity contribution >= 4 is 81.1 Å². The lowest BCUT2D eigenvalue weighted by Crippen LogP contribution is -2.71. The highest BCUT2D eigenvalue weighted by atomic mass is 32.2. The van der Waals surface area contributed by atoms with Gasteiger partial charge in [0.05, 0.1) is 24.3 Å². The third-order valence-corrected chi connectivity index (χ3v) is 9.22. The molecule has 0 radical (unpaired) electrons. The lowest BCUT2D eigenvalue weighted by molar-refractivity contribution is -0.719. The minimum Gasteiger partial charge on any atom is -0.543 e. The standard InChI is InChI=1S/C23H27N9O7S3/c1-4-31-12(25)5-11(24)28-22(31)42-7-9-6-40-18-14(17(34)32(18)15(9)19(35)36)29-16(33)13(10-8-41-21(26)27-10)30-39-23(2,3)20(37)38/h5,8,14,18H,4,6-7H2,1-3H3,(H8,24,25,26,27,29,33,35,36,37,38)/b30-13-. The van der Waals surface area contributed by atoms with E-state index in [1.54, 1.807) is 4.57 Å². The maximum Gasteiger partial charge on any atom is 0.350 e. The topological polar surface area (TPSA) is 256 Å². The lowest BCUT2D eigenvalue weighted by Gasteiger charge is -2.50. The van der Waals surface area contributed by atoms with Gasteiger partial charge in [0, 0.05) is 16.9 Å². The molecule has 0 saturated carbocycles. The number of thiazole rings is 1. The van der Waals surface area contributed by atoms with Crippen LogP contribution in [0.1, 0.15) is 26.5 Å². The molecule has 2 amide bonds. The highest BCUT2D eigenvalue weighted by Crippen LogP contribution is 2.41. The summed E-state index contributed by atoms with van der Waals surface area (Å²) in [6, 6.07) is 0.407. The number of β-lactam (4-membered cyclic amide) rings is 1. The number of aliphatic carboxylic acids is 2. The molecule has 8 N–H and O–H groups in total. The molecule has 1 saturated heterocycles. The predicted octanol–water partition coefficient (Wildman–Crippen LogP) is -1.63. The highest BCUT2D eigenvalue weighted by Gasteiger charge is 2.53. The number of oxime groups is 1. The first kappa shape index (κ1) is 30.8. The van der Waals surface area contributed by atoms with Gasteiger partial charge in [0.2, 0.25) is 17.2 Å². The number of hydrogen-bond donors (Lipinski definition) is 5. The molecule has 0 aromatic carbocycles. The number of nitrogens with one attached hydrogen (secondary N) is 1. The molecule has 2 atom stereocenters. The summed E-state index contributed by atoms with van der Waals surface area (Å²) in [6.07, 6.45) is 0. The van der Waals surface area contributed by atoms with Crippen molar-refractivity contribution in [1.29, 1.82) is 0 Å². The molecule has 2 unspecified atom stereocenters. The first-order valence-corrected chi connectivity index (χ1v) is 15.1. The second-order valence-corrected chi connectivity index (χ2v) is 12.4. The summed E-state index contributed by atoms with van der Waals surface area (Å²) in [6.45, 7) is 4.85. The molecule has 1 fully saturated rings. The van der Waals surface area contributed by atoms with E-state index < -0.39 is 46.5 Å². The normalized spacial score (nSPS) is 18.8. The van der Waals surface area contributed by atoms with E-state index in [0.717, 1.165) is 16.2 Å². The average Bonchev–Trinajstić information content (AvgIpc) is 3.35. The van der Waals surface area contributed by atoms with Crippen LogP contribution in [-0.4, -0.2) is 78.0 Å². The fourth-order valence-corrected chi connectivity index (χ4v) is 7.04. The second-order valence-electron chi connectivity index (χ2n) is 9.44. The number of carbonyl (C=O) groups is 4. The van der Waals surface area contributed by atoms with Crippen molar-refractivity contribution in [1.82, 2.24) is 20.2 Å². The maximum absolute atomic E-state index is 13.2. The second kappa shape index (κ2) is 12.0. The first-order chi connectivity index (χ1) is 19.7. The van der Waals surface area contributed by atoms with Crippen molar-refractivity contribution in [2.24, 2.45) is 5.16 Å². The summed E-state index contributed by atoms with van der Waals surface area (Å²) in [7, 11) is 0. The Bertz CT molecular complexity index is 1520. The van der Waals surface area contributed by atoms with Crippen molar-refractivity contribution in [2.75, 3.05) is 28.7 Å². The third-order valence-electron chi connectivity index (χ3n) is 6.14. The Morgan fingerprint density at radius 2 is 2.05 bits per heavy atom. The monoisotopic (exact) mass is 637 g/mol. The number of amides is 2. The Kier molecular flexibility index (Phi) is 8.83. The van der Waals surface area contributed by atoms with Gasteiger partial charge < -0.3 is 42.4 Å². The molecule has 0 bridgehead atoms. The minimum absolute atomic E-state index is 0.00543. The quantitative estimate of drug-likeness (QED) is 0.0463. The van der Waals surface area contributed by atoms with Crippen LogP contribution in [0.5, 0.6) is 0 Å². The Morgan fingerprint density at radius 3 is 2.64 bits per heavy atom. The number of fused-ring (bicyclic) bond motifs is 1. The van der Waals surface area contributed by atoms with Crippen LogP contribution < -0.4 is 32.2 Å². The van der Waals surface area contributed by atoms with Crippen molar-refractivity contribution in [2.45, 2.75) is 49.5 Å². The first-order valence-electron chi connectivity index (χ1n) is 12.2. The number of nitrogen functional groups attached to an aromatic ring is 3. The molecule has 4 rings (SSSR count). The maximum atomic E-state index is 13.2. The van der Waals surface area contributed by atoms with Gasteiger partial charge in [-0.2, -0.15) is 0 Å². The fraction of sp³-hybridized carbons (Fsp3) is 0.391. The fourth-order valence-electron chi connectivity index (χ4n) is 3.91. The van der Waals surface area contributed by atoms with E-state index in [1.165, 1.54) is 48.8 Å². The summed E-state index contributed by atoms with van der Waals surface area (Å²) >= 11 is 3.48. The number of hydrogen-bond acceptors (Lipinski definition) is 15. The summed E-state index contributed by atoms with van der Waals surface area (Å²) in [5.74, 6) is -3.45. The molecule has 16 nitrogen and oxygen atoms in total. The van der Waals surface area contributed by atoms with Crippen molar-refractivity contribution in [3.05, 3.63) is 28.4 Å². The van der Waals surface area contributed by atoms with Gasteiger partial charge >= 0.3 is 11.1 Å². The molecule has 2 aromatic rings. The van der Waals surface area contributed by atoms with Crippen LogP contribution in [0.25, 0.3) is 0 Å². The van der Waals surface area contributed by atoms with E-state index in [0.29, 0.717) is 23.1 Å². The lowest BCUT2D eigenvalue weighted by atomic mass is 10.0. The van der Waals surface area contributed by atoms with Gasteiger partial charge in [0.15, 0.2) is 10.8 Å². The van der Waals surface area contributed by atoms with Gasteiger partial charge in [-0.1, -0.05) is 10.1 Å². The molecule has 19 heteroatoms. The van der Waals surface area contributed by atoms with Crippen LogP contribution >= 0.6 is 34.9 Å². The number of carboxylic acids is 2. The van der Waals surface area contributed by atoms with E-state index in [-0.39, 0.29) is 33.8 Å². The van der Waals surface area contributed by atoms with Gasteiger partial charge in [-0.05, 0) is 38.1 Å². The Balaban J connectivity index is 1.54. The van der Waals surface area contributed by atoms with Crippen molar-refractivity contribution in [3.63, 3.8) is 0 Å². The zero-order chi connectivity index (χ0) is 30.9. The summed E-state index contributed by atoms with van der Waals surface area (Å²) < 4.78 is 1.72. The number of nitrogens with two attached hydrogens (primary N) is 3. The molecule has 4 heterocycles. The van der Waals surface area contributed by atoms with E-state index in [4.69, 9.17) is 22.0 Å². The van der Waals surface area contributed by atoms with Gasteiger partial charge in [-0.25, -0.2) is 14.3 Å². The largest absolute Gasteiger partial charge is 0.543 e. The van der Waals surface area contributed by atoms with Crippen molar-refractivity contribution < 1.29 is 38.8 Å². The molecule has 0 aliphatic carbocycles. The van der Waals surface area contributed by atoms with Gasteiger partial charge in [0.1, 0.15) is 17.1 Å². The van der Waals surface area contributed by atoms with Crippen LogP contribution in [0.4, 0.5) is 16.8 Å². The number of carbonyl (C=O) groups excluding carboxylic acids is 3. The molecule has 224 valence electrons. The molecule has 0 spiro atoms. The Morgan fingerprint density at radius 1 is 1.33 bits per heavy atom. The van der Waals surface area contributed by atoms with E-state index >= 15 is 0 Å². The number of rotatable bonds is 11. The SMILES string of the molecule is CC[n+]1c(N)cc(N)nc1SCC1=C(C(=O)[O-])N2C(=O)C(NC(=O)/C(=N\OC(C)(C)C(=O)O)c3csc(N)n3)C2SC1. The van der Waals surface area contributed by atoms with Crippen molar-refractivity contribution in [3.8, 4) is 0 Å². The third kappa shape index (κ3) is 6.07. The molecular formula is C23H27N9O7S3. The van der Waals surface area contributed by atoms with Gasteiger partial charge in [0.25, 0.3) is 11.8 Å². The highest BCUT2D eigenvalue weighted by molar-refractivity contribution is 8.01. The number of nitrogens with zero attached hydrogens (tertiary/aromatic N) is 5. The zero-order valence-electron chi connectivity index (χ0n) is 22.5. The van der Waals surface area contributed by atoms with E-state index in [2.05, 4.69) is 20.4 Å². The molecule has 2 aromatic heterocycles. The molecule has 2 aliphatic rings. The summed E-state index contributed by atoms with van der Waals surface area (Å²) in [4.78, 5) is 64.4. The number of aromatic nitrogens is 3. The van der Waals surface area contributed by atoms with E-state index in [1.807, 2.05) is 6.92 Å². The Hall–Kier alpha value is -4.10. The van der Waals surface area contributed by atoms with Crippen LogP contribution in [-0.2, 0) is 30.6 Å². The summed E-state index contributed by atoms with van der Waals surface area (Å²) in [5.41, 5.74) is 15.5. The van der Waals surface area contributed by atoms with E-state index in [9.17, 15) is 29.4 Å². The summed E-state index contributed by atoms with van der Waals surface area (Å²) in [5, 5.41) is 29.0. The molecule has 2 aliphatic heterocycles. The molecular weight excluding hydrogens is 611 g/mol. The van der Waals surface area contributed by atoms with Gasteiger partial charge in [-0.15, -0.1) is 23.1 Å². The average molecular weight is 638 g/mol. The zero-order valence-corrected chi connectivity index (χ0v) is 25.0. The Labute approximate surface area is 251 Å². The molecule has 42 heavy (non-hydrogen) atoms. The smallest absolute Gasteiger partial charge is 0.350 e. The number of anilines is 3. The van der Waals surface area contributed by atoms with Crippen LogP contribution in [0.2, 0.25) is 0 Å². The predicted molar refractivity (Wildman–Crippen MR) is 153 cm³/mol. The minimum atomic E-state index is -1.78. The van der Waals surface area contributed by atoms with Crippen LogP contribution in [0, 0.1) is 0 Å². The number of thioether (sulfide) groups is 2.